The van der Waals surface area contributed by atoms with Gasteiger partial charge in [0.1, 0.15) is 5.75 Å². The van der Waals surface area contributed by atoms with Crippen molar-refractivity contribution in [3.63, 3.8) is 0 Å². The molecule has 0 spiro atoms. The maximum Gasteiger partial charge on any atom is 0.132 e. The fourth-order valence-electron chi connectivity index (χ4n) is 1.38. The fraction of sp³-hybridized carbons (Fsp3) is 0.538. The Balaban J connectivity index is 2.51. The molecule has 0 amide bonds. The standard InChI is InChI=1S/C13H21NOS/c1-10(2)14-9-11(3)16-13-8-6-5-7-12(13)15-4/h5-8,10-11,14H,9H2,1-4H3. The van der Waals surface area contributed by atoms with Crippen LogP contribution in [-0.2, 0) is 0 Å². The summed E-state index contributed by atoms with van der Waals surface area (Å²) in [6.07, 6.45) is 0. The second-order valence-corrected chi connectivity index (χ2v) is 5.62. The molecule has 0 aliphatic carbocycles. The zero-order valence-corrected chi connectivity index (χ0v) is 11.3. The summed E-state index contributed by atoms with van der Waals surface area (Å²) in [6.45, 7) is 7.58. The van der Waals surface area contributed by atoms with Gasteiger partial charge in [-0.25, -0.2) is 0 Å². The average Bonchev–Trinajstić information content (AvgIpc) is 2.27. The summed E-state index contributed by atoms with van der Waals surface area (Å²) < 4.78 is 5.33. The van der Waals surface area contributed by atoms with Crippen LogP contribution in [-0.4, -0.2) is 24.9 Å². The highest BCUT2D eigenvalue weighted by Gasteiger charge is 2.08. The summed E-state index contributed by atoms with van der Waals surface area (Å²) in [5.74, 6) is 0.962. The van der Waals surface area contributed by atoms with E-state index >= 15 is 0 Å². The van der Waals surface area contributed by atoms with E-state index in [2.05, 4.69) is 32.2 Å². The summed E-state index contributed by atoms with van der Waals surface area (Å²) in [6, 6.07) is 8.70. The summed E-state index contributed by atoms with van der Waals surface area (Å²) in [7, 11) is 1.72. The zero-order chi connectivity index (χ0) is 12.0. The highest BCUT2D eigenvalue weighted by molar-refractivity contribution is 8.00. The van der Waals surface area contributed by atoms with Crippen molar-refractivity contribution in [1.29, 1.82) is 0 Å². The molecule has 2 nitrogen and oxygen atoms in total. The predicted octanol–water partition coefficient (Wildman–Crippen LogP) is 3.17. The van der Waals surface area contributed by atoms with Crippen molar-refractivity contribution in [2.45, 2.75) is 37.0 Å². The Morgan fingerprint density at radius 2 is 1.94 bits per heavy atom. The molecule has 0 radical (unpaired) electrons. The second kappa shape index (κ2) is 6.81. The smallest absolute Gasteiger partial charge is 0.132 e. The lowest BCUT2D eigenvalue weighted by Gasteiger charge is -2.16. The number of nitrogens with one attached hydrogen (secondary N) is 1. The predicted molar refractivity (Wildman–Crippen MR) is 71.5 cm³/mol. The molecule has 0 saturated heterocycles. The van der Waals surface area contributed by atoms with Crippen LogP contribution in [0, 0.1) is 0 Å². The van der Waals surface area contributed by atoms with Crippen LogP contribution >= 0.6 is 11.8 Å². The Kier molecular flexibility index (Phi) is 5.71. The molecule has 1 atom stereocenters. The van der Waals surface area contributed by atoms with Gasteiger partial charge in [-0.15, -0.1) is 11.8 Å². The Morgan fingerprint density at radius 1 is 1.25 bits per heavy atom. The molecule has 0 bridgehead atoms. The number of ether oxygens (including phenoxy) is 1. The van der Waals surface area contributed by atoms with Crippen LogP contribution in [0.15, 0.2) is 29.2 Å². The largest absolute Gasteiger partial charge is 0.496 e. The molecule has 0 heterocycles. The first-order valence-electron chi connectivity index (χ1n) is 5.66. The van der Waals surface area contributed by atoms with Crippen molar-refractivity contribution in [1.82, 2.24) is 5.32 Å². The minimum Gasteiger partial charge on any atom is -0.496 e. The van der Waals surface area contributed by atoms with E-state index in [1.165, 1.54) is 4.90 Å². The van der Waals surface area contributed by atoms with E-state index in [1.807, 2.05) is 30.0 Å². The van der Waals surface area contributed by atoms with E-state index in [0.29, 0.717) is 11.3 Å². The molecule has 1 N–H and O–H groups in total. The van der Waals surface area contributed by atoms with Crippen molar-refractivity contribution >= 4 is 11.8 Å². The minimum atomic E-state index is 0.540. The molecule has 1 aromatic rings. The van der Waals surface area contributed by atoms with E-state index < -0.39 is 0 Å². The summed E-state index contributed by atoms with van der Waals surface area (Å²) >= 11 is 1.85. The van der Waals surface area contributed by atoms with Crippen LogP contribution < -0.4 is 10.1 Å². The molecule has 0 fully saturated rings. The van der Waals surface area contributed by atoms with E-state index in [-0.39, 0.29) is 0 Å². The van der Waals surface area contributed by atoms with Crippen LogP contribution in [0.4, 0.5) is 0 Å². The third-order valence-electron chi connectivity index (χ3n) is 2.21. The van der Waals surface area contributed by atoms with E-state index in [9.17, 15) is 0 Å². The van der Waals surface area contributed by atoms with Crippen LogP contribution in [0.2, 0.25) is 0 Å². The van der Waals surface area contributed by atoms with E-state index in [0.717, 1.165) is 12.3 Å². The van der Waals surface area contributed by atoms with Gasteiger partial charge in [-0.2, -0.15) is 0 Å². The second-order valence-electron chi connectivity index (χ2n) is 4.14. The molecule has 90 valence electrons. The van der Waals surface area contributed by atoms with Crippen molar-refractivity contribution in [2.75, 3.05) is 13.7 Å². The highest BCUT2D eigenvalue weighted by Crippen LogP contribution is 2.31. The first-order valence-corrected chi connectivity index (χ1v) is 6.54. The van der Waals surface area contributed by atoms with E-state index in [4.69, 9.17) is 4.74 Å². The topological polar surface area (TPSA) is 21.3 Å². The number of benzene rings is 1. The van der Waals surface area contributed by atoms with Gasteiger partial charge in [0, 0.05) is 22.7 Å². The lowest BCUT2D eigenvalue weighted by molar-refractivity contribution is 0.404. The number of para-hydroxylation sites is 1. The van der Waals surface area contributed by atoms with Gasteiger partial charge >= 0.3 is 0 Å². The molecule has 1 aromatic carbocycles. The molecule has 1 rings (SSSR count). The lowest BCUT2D eigenvalue weighted by atomic mass is 10.3. The Labute approximate surface area is 103 Å². The van der Waals surface area contributed by atoms with Gasteiger partial charge in [-0.05, 0) is 12.1 Å². The number of rotatable bonds is 6. The molecule has 3 heteroatoms. The van der Waals surface area contributed by atoms with Crippen LogP contribution in [0.5, 0.6) is 5.75 Å². The summed E-state index contributed by atoms with van der Waals surface area (Å²) in [4.78, 5) is 1.21. The first-order chi connectivity index (χ1) is 7.63. The number of hydrogen-bond acceptors (Lipinski definition) is 3. The van der Waals surface area contributed by atoms with Gasteiger partial charge in [0.15, 0.2) is 0 Å². The molecule has 0 aromatic heterocycles. The maximum atomic E-state index is 5.33. The van der Waals surface area contributed by atoms with Gasteiger partial charge in [0.2, 0.25) is 0 Å². The molecule has 0 saturated carbocycles. The van der Waals surface area contributed by atoms with Crippen LogP contribution in [0.1, 0.15) is 20.8 Å². The van der Waals surface area contributed by atoms with Crippen molar-refractivity contribution in [3.05, 3.63) is 24.3 Å². The third-order valence-corrected chi connectivity index (χ3v) is 3.37. The first kappa shape index (κ1) is 13.4. The SMILES string of the molecule is COc1ccccc1SC(C)CNC(C)C. The number of methoxy groups -OCH3 is 1. The third kappa shape index (κ3) is 4.45. The lowest BCUT2D eigenvalue weighted by Crippen LogP contribution is -2.28. The van der Waals surface area contributed by atoms with Gasteiger partial charge in [0.25, 0.3) is 0 Å². The van der Waals surface area contributed by atoms with Gasteiger partial charge in [0.05, 0.1) is 7.11 Å². The van der Waals surface area contributed by atoms with Crippen molar-refractivity contribution < 1.29 is 4.74 Å². The summed E-state index contributed by atoms with van der Waals surface area (Å²) in [5.41, 5.74) is 0. The minimum absolute atomic E-state index is 0.540. The van der Waals surface area contributed by atoms with Crippen LogP contribution in [0.3, 0.4) is 0 Å². The molecule has 1 unspecified atom stereocenters. The number of hydrogen-bond donors (Lipinski definition) is 1. The molecular weight excluding hydrogens is 218 g/mol. The van der Waals surface area contributed by atoms with Gasteiger partial charge < -0.3 is 10.1 Å². The van der Waals surface area contributed by atoms with Crippen molar-refractivity contribution in [3.8, 4) is 5.75 Å². The highest BCUT2D eigenvalue weighted by atomic mass is 32.2. The van der Waals surface area contributed by atoms with Crippen LogP contribution in [0.25, 0.3) is 0 Å². The van der Waals surface area contributed by atoms with Crippen molar-refractivity contribution in [2.24, 2.45) is 0 Å². The van der Waals surface area contributed by atoms with Gasteiger partial charge in [-0.1, -0.05) is 32.9 Å². The monoisotopic (exact) mass is 239 g/mol. The quantitative estimate of drug-likeness (QED) is 0.770. The summed E-state index contributed by atoms with van der Waals surface area (Å²) in [5, 5.41) is 3.98. The number of thioether (sulfide) groups is 1. The Morgan fingerprint density at radius 3 is 2.56 bits per heavy atom. The Hall–Kier alpha value is -0.670. The fourth-order valence-corrected chi connectivity index (χ4v) is 2.41. The maximum absolute atomic E-state index is 5.33. The zero-order valence-electron chi connectivity index (χ0n) is 10.5. The molecule has 0 aliphatic rings. The molecular formula is C13H21NOS. The molecule has 16 heavy (non-hydrogen) atoms. The molecule has 0 aliphatic heterocycles. The average molecular weight is 239 g/mol. The normalized spacial score (nSPS) is 12.8. The van der Waals surface area contributed by atoms with Gasteiger partial charge in [-0.3, -0.25) is 0 Å². The Bertz CT molecular complexity index is 315. The van der Waals surface area contributed by atoms with E-state index in [1.54, 1.807) is 7.11 Å².